The number of fused-ring (bicyclic) bond motifs is 1. The van der Waals surface area contributed by atoms with E-state index in [2.05, 4.69) is 4.98 Å². The van der Waals surface area contributed by atoms with Crippen LogP contribution in [0.5, 0.6) is 5.75 Å². The number of hydrogen-bond donors (Lipinski definition) is 0. The maximum atomic E-state index is 12.2. The highest BCUT2D eigenvalue weighted by Crippen LogP contribution is 2.29. The number of pyridine rings is 1. The predicted molar refractivity (Wildman–Crippen MR) is 86.8 cm³/mol. The Bertz CT molecular complexity index is 745. The van der Waals surface area contributed by atoms with Crippen molar-refractivity contribution in [2.24, 2.45) is 0 Å². The number of carbonyl (C=O) groups excluding carboxylic acids is 1. The fourth-order valence-corrected chi connectivity index (χ4v) is 2.68. The van der Waals surface area contributed by atoms with Gasteiger partial charge in [0.15, 0.2) is 0 Å². The summed E-state index contributed by atoms with van der Waals surface area (Å²) in [4.78, 5) is 18.3. The van der Waals surface area contributed by atoms with Crippen LogP contribution in [0.15, 0.2) is 42.1 Å². The van der Waals surface area contributed by atoms with Gasteiger partial charge in [0.25, 0.3) is 0 Å². The molecule has 0 atom stereocenters. The molecular weight excluding hydrogens is 276 g/mol. The molecule has 0 spiro atoms. The van der Waals surface area contributed by atoms with E-state index in [0.29, 0.717) is 12.4 Å². The molecule has 112 valence electrons. The lowest BCUT2D eigenvalue weighted by atomic mass is 10.1. The SMILES string of the molecule is CC(=O)N(C1=Cc2ccccc2OC1)c1cc(C)cc(C)n1. The fourth-order valence-electron chi connectivity index (χ4n) is 2.68. The lowest BCUT2D eigenvalue weighted by Crippen LogP contribution is -2.32. The van der Waals surface area contributed by atoms with Crippen LogP contribution in [0.2, 0.25) is 0 Å². The number of ether oxygens (including phenoxy) is 1. The molecule has 0 radical (unpaired) electrons. The number of hydrogen-bond acceptors (Lipinski definition) is 3. The third kappa shape index (κ3) is 2.72. The molecule has 0 saturated heterocycles. The van der Waals surface area contributed by atoms with Crippen LogP contribution in [0.1, 0.15) is 23.7 Å². The Morgan fingerprint density at radius 3 is 2.73 bits per heavy atom. The Hall–Kier alpha value is -2.62. The van der Waals surface area contributed by atoms with E-state index < -0.39 is 0 Å². The van der Waals surface area contributed by atoms with Gasteiger partial charge in [0.1, 0.15) is 18.2 Å². The summed E-state index contributed by atoms with van der Waals surface area (Å²) in [5, 5.41) is 0. The number of benzene rings is 1. The van der Waals surface area contributed by atoms with E-state index in [-0.39, 0.29) is 5.91 Å². The summed E-state index contributed by atoms with van der Waals surface area (Å²) >= 11 is 0. The third-order valence-corrected chi connectivity index (χ3v) is 3.53. The van der Waals surface area contributed by atoms with Crippen molar-refractivity contribution in [2.75, 3.05) is 11.5 Å². The van der Waals surface area contributed by atoms with E-state index in [9.17, 15) is 4.79 Å². The highest BCUT2D eigenvalue weighted by molar-refractivity contribution is 5.95. The summed E-state index contributed by atoms with van der Waals surface area (Å²) in [5.41, 5.74) is 3.73. The van der Waals surface area contributed by atoms with Crippen molar-refractivity contribution in [1.29, 1.82) is 0 Å². The van der Waals surface area contributed by atoms with Crippen LogP contribution >= 0.6 is 0 Å². The number of rotatable bonds is 2. The molecular formula is C18H18N2O2. The van der Waals surface area contributed by atoms with E-state index in [1.807, 2.05) is 56.3 Å². The van der Waals surface area contributed by atoms with Gasteiger partial charge in [-0.2, -0.15) is 0 Å². The first kappa shape index (κ1) is 14.3. The molecule has 1 amide bonds. The van der Waals surface area contributed by atoms with Crippen molar-refractivity contribution in [3.05, 3.63) is 58.9 Å². The molecule has 0 bridgehead atoms. The highest BCUT2D eigenvalue weighted by atomic mass is 16.5. The number of aryl methyl sites for hydroxylation is 2. The zero-order chi connectivity index (χ0) is 15.7. The molecule has 0 saturated carbocycles. The van der Waals surface area contributed by atoms with Crippen LogP contribution in [-0.4, -0.2) is 17.5 Å². The number of amides is 1. The van der Waals surface area contributed by atoms with Gasteiger partial charge in [-0.15, -0.1) is 0 Å². The van der Waals surface area contributed by atoms with Crippen LogP contribution in [-0.2, 0) is 4.79 Å². The third-order valence-electron chi connectivity index (χ3n) is 3.53. The predicted octanol–water partition coefficient (Wildman–Crippen LogP) is 3.48. The Kier molecular flexibility index (Phi) is 3.67. The minimum Gasteiger partial charge on any atom is -0.487 e. The van der Waals surface area contributed by atoms with Gasteiger partial charge in [0, 0.05) is 18.2 Å². The van der Waals surface area contributed by atoms with Gasteiger partial charge in [0.05, 0.1) is 5.70 Å². The molecule has 0 unspecified atom stereocenters. The molecule has 0 N–H and O–H groups in total. The second-order valence-electron chi connectivity index (χ2n) is 5.46. The topological polar surface area (TPSA) is 42.4 Å². The molecule has 3 rings (SSSR count). The average Bonchev–Trinajstić information content (AvgIpc) is 2.46. The smallest absolute Gasteiger partial charge is 0.229 e. The minimum atomic E-state index is -0.0771. The second-order valence-corrected chi connectivity index (χ2v) is 5.46. The monoisotopic (exact) mass is 294 g/mol. The van der Waals surface area contributed by atoms with E-state index in [0.717, 1.165) is 28.3 Å². The van der Waals surface area contributed by atoms with Crippen LogP contribution in [0.25, 0.3) is 6.08 Å². The van der Waals surface area contributed by atoms with Gasteiger partial charge in [0.2, 0.25) is 5.91 Å². The van der Waals surface area contributed by atoms with Crippen LogP contribution in [0.3, 0.4) is 0 Å². The van der Waals surface area contributed by atoms with Crippen molar-refractivity contribution in [3.63, 3.8) is 0 Å². The normalized spacial score (nSPS) is 13.0. The molecule has 4 nitrogen and oxygen atoms in total. The summed E-state index contributed by atoms with van der Waals surface area (Å²) in [6.07, 6.45) is 1.99. The van der Waals surface area contributed by atoms with Crippen molar-refractivity contribution >= 4 is 17.8 Å². The molecule has 0 aliphatic carbocycles. The molecule has 0 fully saturated rings. The van der Waals surface area contributed by atoms with Crippen molar-refractivity contribution in [3.8, 4) is 5.75 Å². The summed E-state index contributed by atoms with van der Waals surface area (Å²) in [7, 11) is 0. The Labute approximate surface area is 130 Å². The molecule has 4 heteroatoms. The fraction of sp³-hybridized carbons (Fsp3) is 0.222. The Morgan fingerprint density at radius 1 is 1.23 bits per heavy atom. The van der Waals surface area contributed by atoms with Crippen LogP contribution < -0.4 is 9.64 Å². The summed E-state index contributed by atoms with van der Waals surface area (Å²) in [5.74, 6) is 1.40. The lowest BCUT2D eigenvalue weighted by molar-refractivity contribution is -0.116. The van der Waals surface area contributed by atoms with Gasteiger partial charge in [-0.25, -0.2) is 4.98 Å². The van der Waals surface area contributed by atoms with Gasteiger partial charge in [-0.3, -0.25) is 9.69 Å². The van der Waals surface area contributed by atoms with E-state index in [1.54, 1.807) is 11.8 Å². The molecule has 1 aliphatic heterocycles. The first-order chi connectivity index (χ1) is 10.5. The van der Waals surface area contributed by atoms with Crippen molar-refractivity contribution < 1.29 is 9.53 Å². The van der Waals surface area contributed by atoms with E-state index >= 15 is 0 Å². The summed E-state index contributed by atoms with van der Waals surface area (Å²) < 4.78 is 5.76. The number of nitrogens with zero attached hydrogens (tertiary/aromatic N) is 2. The highest BCUT2D eigenvalue weighted by Gasteiger charge is 2.22. The Balaban J connectivity index is 2.06. The van der Waals surface area contributed by atoms with Crippen LogP contribution in [0, 0.1) is 13.8 Å². The average molecular weight is 294 g/mol. The largest absolute Gasteiger partial charge is 0.487 e. The first-order valence-electron chi connectivity index (χ1n) is 7.23. The lowest BCUT2D eigenvalue weighted by Gasteiger charge is -2.27. The van der Waals surface area contributed by atoms with Gasteiger partial charge >= 0.3 is 0 Å². The summed E-state index contributed by atoms with van der Waals surface area (Å²) in [6.45, 7) is 5.82. The molecule has 22 heavy (non-hydrogen) atoms. The van der Waals surface area contributed by atoms with Crippen LogP contribution in [0.4, 0.5) is 5.82 Å². The quantitative estimate of drug-likeness (QED) is 0.851. The molecule has 2 aromatic rings. The van der Waals surface area contributed by atoms with E-state index in [4.69, 9.17) is 4.74 Å². The molecule has 1 aromatic heterocycles. The van der Waals surface area contributed by atoms with Crippen molar-refractivity contribution in [1.82, 2.24) is 4.98 Å². The van der Waals surface area contributed by atoms with Gasteiger partial charge < -0.3 is 4.74 Å². The van der Waals surface area contributed by atoms with Gasteiger partial charge in [-0.05, 0) is 43.7 Å². The van der Waals surface area contributed by atoms with Crippen molar-refractivity contribution in [2.45, 2.75) is 20.8 Å². The number of para-hydroxylation sites is 1. The first-order valence-corrected chi connectivity index (χ1v) is 7.23. The number of carbonyl (C=O) groups is 1. The second kappa shape index (κ2) is 5.64. The standard InChI is InChI=1S/C18H18N2O2/c1-12-8-13(2)19-18(9-12)20(14(3)21)16-10-15-6-4-5-7-17(15)22-11-16/h4-10H,11H2,1-3H3. The van der Waals surface area contributed by atoms with E-state index in [1.165, 1.54) is 0 Å². The molecule has 1 aromatic carbocycles. The maximum absolute atomic E-state index is 12.2. The molecule has 1 aliphatic rings. The maximum Gasteiger partial charge on any atom is 0.229 e. The zero-order valence-electron chi connectivity index (χ0n) is 13.0. The number of anilines is 1. The minimum absolute atomic E-state index is 0.0771. The molecule has 2 heterocycles. The Morgan fingerprint density at radius 2 is 2.00 bits per heavy atom. The van der Waals surface area contributed by atoms with Gasteiger partial charge in [-0.1, -0.05) is 18.2 Å². The number of aromatic nitrogens is 1. The summed E-state index contributed by atoms with van der Waals surface area (Å²) in [6, 6.07) is 11.7. The zero-order valence-corrected chi connectivity index (χ0v) is 13.0.